The molecule has 2 aromatic rings. The summed E-state index contributed by atoms with van der Waals surface area (Å²) in [5, 5.41) is 5.64. The fourth-order valence-corrected chi connectivity index (χ4v) is 3.65. The number of amides is 2. The molecule has 29 heavy (non-hydrogen) atoms. The smallest absolute Gasteiger partial charge is 0.319 e. The average molecular weight is 399 g/mol. The lowest BCUT2D eigenvalue weighted by molar-refractivity contribution is -0.00232. The molecule has 0 radical (unpaired) electrons. The van der Waals surface area contributed by atoms with Gasteiger partial charge in [0.25, 0.3) is 5.56 Å². The number of anilines is 1. The number of carbonyl (C=O) groups excluding carboxylic acids is 1. The second-order valence-corrected chi connectivity index (χ2v) is 7.57. The third-order valence-corrected chi connectivity index (χ3v) is 5.30. The van der Waals surface area contributed by atoms with Crippen LogP contribution in [0.2, 0.25) is 0 Å². The zero-order chi connectivity index (χ0) is 20.6. The summed E-state index contributed by atoms with van der Waals surface area (Å²) in [5.41, 5.74) is 1.92. The second-order valence-electron chi connectivity index (χ2n) is 7.57. The number of H-pyrrole nitrogens is 1. The molecule has 3 rings (SSSR count). The molecule has 1 aliphatic carbocycles. The molecule has 1 aromatic carbocycles. The van der Waals surface area contributed by atoms with Gasteiger partial charge in [-0.1, -0.05) is 38.8 Å². The minimum absolute atomic E-state index is 0.185. The Balaban J connectivity index is 1.51. The Morgan fingerprint density at radius 1 is 1.28 bits per heavy atom. The first-order chi connectivity index (χ1) is 14.0. The fourth-order valence-electron chi connectivity index (χ4n) is 3.65. The van der Waals surface area contributed by atoms with E-state index in [1.54, 1.807) is 12.1 Å². The summed E-state index contributed by atoms with van der Waals surface area (Å²) >= 11 is 0. The number of aryl methyl sites for hydroxylation is 1. The molecule has 0 saturated heterocycles. The predicted molar refractivity (Wildman–Crippen MR) is 114 cm³/mol. The van der Waals surface area contributed by atoms with Crippen molar-refractivity contribution < 1.29 is 9.53 Å². The summed E-state index contributed by atoms with van der Waals surface area (Å²) < 4.78 is 5.92. The largest absolute Gasteiger partial charge is 0.376 e. The fraction of sp³-hybridized carbons (Fsp3) is 0.500. The maximum Gasteiger partial charge on any atom is 0.319 e. The number of carbonyl (C=O) groups is 1. The van der Waals surface area contributed by atoms with Crippen molar-refractivity contribution in [3.8, 4) is 11.4 Å². The van der Waals surface area contributed by atoms with E-state index in [1.165, 1.54) is 25.3 Å². The number of nitrogens with zero attached hydrogens (tertiary/aromatic N) is 1. The molecule has 0 spiro atoms. The highest BCUT2D eigenvalue weighted by Gasteiger charge is 2.21. The molecule has 0 unspecified atom stereocenters. The van der Waals surface area contributed by atoms with Crippen LogP contribution < -0.4 is 16.2 Å². The van der Waals surface area contributed by atoms with Crippen molar-refractivity contribution in [1.82, 2.24) is 15.3 Å². The van der Waals surface area contributed by atoms with Gasteiger partial charge in [0.05, 0.1) is 12.7 Å². The molecular formula is C22H30N4O3. The van der Waals surface area contributed by atoms with Crippen LogP contribution in [0.1, 0.15) is 45.2 Å². The van der Waals surface area contributed by atoms with E-state index in [0.29, 0.717) is 43.1 Å². The van der Waals surface area contributed by atoms with E-state index in [9.17, 15) is 9.59 Å². The SMILES string of the molecule is CCc1cc(=O)[nH]c(-c2cccc(NC(=O)NCCO[C@H]3CCCC[C@@H]3C)c2)n1. The van der Waals surface area contributed by atoms with Gasteiger partial charge in [0, 0.05) is 29.6 Å². The Kier molecular flexibility index (Phi) is 7.41. The molecule has 0 bridgehead atoms. The third-order valence-electron chi connectivity index (χ3n) is 5.30. The highest BCUT2D eigenvalue weighted by molar-refractivity contribution is 5.89. The number of nitrogens with one attached hydrogen (secondary N) is 3. The number of ether oxygens (including phenoxy) is 1. The molecule has 156 valence electrons. The number of hydrogen-bond acceptors (Lipinski definition) is 4. The van der Waals surface area contributed by atoms with Crippen LogP contribution in [0.3, 0.4) is 0 Å². The van der Waals surface area contributed by atoms with Crippen LogP contribution in [-0.2, 0) is 11.2 Å². The number of aromatic amines is 1. The van der Waals surface area contributed by atoms with Crippen LogP contribution in [0.25, 0.3) is 11.4 Å². The van der Waals surface area contributed by atoms with E-state index >= 15 is 0 Å². The summed E-state index contributed by atoms with van der Waals surface area (Å²) in [4.78, 5) is 31.2. The standard InChI is InChI=1S/C22H30N4O3/c1-3-17-14-20(27)26-21(24-17)16-8-6-9-18(13-16)25-22(28)23-11-12-29-19-10-5-4-7-15(19)2/h6,8-9,13-15,19H,3-5,7,10-12H2,1-2H3,(H2,23,25,28)(H,24,26,27)/t15-,19-/m0/s1. The van der Waals surface area contributed by atoms with Crippen LogP contribution in [-0.4, -0.2) is 35.3 Å². The Bertz CT molecular complexity index is 880. The normalized spacial score (nSPS) is 19.0. The molecule has 7 heteroatoms. The van der Waals surface area contributed by atoms with Gasteiger partial charge in [-0.3, -0.25) is 4.79 Å². The third kappa shape index (κ3) is 6.15. The molecule has 1 saturated carbocycles. The minimum Gasteiger partial charge on any atom is -0.376 e. The monoisotopic (exact) mass is 398 g/mol. The first-order valence-electron chi connectivity index (χ1n) is 10.4. The van der Waals surface area contributed by atoms with Gasteiger partial charge in [0.1, 0.15) is 5.82 Å². The van der Waals surface area contributed by atoms with Crippen molar-refractivity contribution in [1.29, 1.82) is 0 Å². The molecule has 1 heterocycles. The second kappa shape index (κ2) is 10.2. The van der Waals surface area contributed by atoms with Crippen LogP contribution in [0.15, 0.2) is 35.1 Å². The highest BCUT2D eigenvalue weighted by Crippen LogP contribution is 2.26. The van der Waals surface area contributed by atoms with Crippen molar-refractivity contribution in [2.75, 3.05) is 18.5 Å². The lowest BCUT2D eigenvalue weighted by Crippen LogP contribution is -2.34. The summed E-state index contributed by atoms with van der Waals surface area (Å²) in [6.07, 6.45) is 5.82. The first-order valence-corrected chi connectivity index (χ1v) is 10.4. The molecule has 2 amide bonds. The maximum absolute atomic E-state index is 12.2. The molecular weight excluding hydrogens is 368 g/mol. The molecule has 1 aliphatic rings. The Morgan fingerprint density at radius 3 is 2.90 bits per heavy atom. The van der Waals surface area contributed by atoms with Crippen LogP contribution in [0, 0.1) is 5.92 Å². The Morgan fingerprint density at radius 2 is 2.10 bits per heavy atom. The number of hydrogen-bond donors (Lipinski definition) is 3. The topological polar surface area (TPSA) is 96.1 Å². The Labute approximate surface area is 171 Å². The van der Waals surface area contributed by atoms with E-state index in [4.69, 9.17) is 4.74 Å². The van der Waals surface area contributed by atoms with Crippen molar-refractivity contribution >= 4 is 11.7 Å². The quantitative estimate of drug-likeness (QED) is 0.620. The average Bonchev–Trinajstić information content (AvgIpc) is 2.72. The number of benzene rings is 1. The molecule has 1 aromatic heterocycles. The van der Waals surface area contributed by atoms with Gasteiger partial charge < -0.3 is 20.4 Å². The van der Waals surface area contributed by atoms with Gasteiger partial charge in [0.15, 0.2) is 0 Å². The van der Waals surface area contributed by atoms with E-state index < -0.39 is 0 Å². The number of rotatable bonds is 7. The number of urea groups is 1. The zero-order valence-electron chi connectivity index (χ0n) is 17.2. The molecule has 7 nitrogen and oxygen atoms in total. The minimum atomic E-state index is -0.286. The van der Waals surface area contributed by atoms with Crippen LogP contribution in [0.4, 0.5) is 10.5 Å². The molecule has 0 aliphatic heterocycles. The molecule has 3 N–H and O–H groups in total. The van der Waals surface area contributed by atoms with Crippen molar-refractivity contribution in [2.45, 2.75) is 52.1 Å². The van der Waals surface area contributed by atoms with Crippen molar-refractivity contribution in [3.05, 3.63) is 46.4 Å². The predicted octanol–water partition coefficient (Wildman–Crippen LogP) is 3.72. The van der Waals surface area contributed by atoms with E-state index in [-0.39, 0.29) is 11.6 Å². The van der Waals surface area contributed by atoms with E-state index in [1.807, 2.05) is 19.1 Å². The van der Waals surface area contributed by atoms with Crippen LogP contribution in [0.5, 0.6) is 0 Å². The van der Waals surface area contributed by atoms with Crippen LogP contribution >= 0.6 is 0 Å². The van der Waals surface area contributed by atoms with Gasteiger partial charge in [-0.05, 0) is 37.3 Å². The molecule has 2 atom stereocenters. The van der Waals surface area contributed by atoms with Gasteiger partial charge >= 0.3 is 6.03 Å². The first kappa shape index (κ1) is 21.0. The highest BCUT2D eigenvalue weighted by atomic mass is 16.5. The zero-order valence-corrected chi connectivity index (χ0v) is 17.2. The lowest BCUT2D eigenvalue weighted by atomic mass is 9.88. The maximum atomic E-state index is 12.2. The molecule has 1 fully saturated rings. The van der Waals surface area contributed by atoms with E-state index in [2.05, 4.69) is 27.5 Å². The van der Waals surface area contributed by atoms with Crippen molar-refractivity contribution in [2.24, 2.45) is 5.92 Å². The lowest BCUT2D eigenvalue weighted by Gasteiger charge is -2.28. The summed E-state index contributed by atoms with van der Waals surface area (Å²) in [7, 11) is 0. The Hall–Kier alpha value is -2.67. The summed E-state index contributed by atoms with van der Waals surface area (Å²) in [5.74, 6) is 1.08. The summed E-state index contributed by atoms with van der Waals surface area (Å²) in [6.45, 7) is 5.15. The van der Waals surface area contributed by atoms with Gasteiger partial charge in [-0.25, -0.2) is 9.78 Å². The number of aromatic nitrogens is 2. The van der Waals surface area contributed by atoms with E-state index in [0.717, 1.165) is 17.7 Å². The van der Waals surface area contributed by atoms with Gasteiger partial charge in [0.2, 0.25) is 0 Å². The van der Waals surface area contributed by atoms with Crippen molar-refractivity contribution in [3.63, 3.8) is 0 Å². The van der Waals surface area contributed by atoms with Gasteiger partial charge in [-0.15, -0.1) is 0 Å². The summed E-state index contributed by atoms with van der Waals surface area (Å²) in [6, 6.07) is 8.46. The van der Waals surface area contributed by atoms with Gasteiger partial charge in [-0.2, -0.15) is 0 Å².